The number of esters is 1. The summed E-state index contributed by atoms with van der Waals surface area (Å²) in [7, 11) is 4.27. The van der Waals surface area contributed by atoms with E-state index in [4.69, 9.17) is 18.9 Å². The molecule has 0 aliphatic rings. The number of methoxy groups -OCH3 is 3. The van der Waals surface area contributed by atoms with Gasteiger partial charge < -0.3 is 23.5 Å². The van der Waals surface area contributed by atoms with Gasteiger partial charge in [-0.3, -0.25) is 4.79 Å². The minimum Gasteiger partial charge on any atom is -0.493 e. The lowest BCUT2D eigenvalue weighted by molar-refractivity contribution is 0.0470. The van der Waals surface area contributed by atoms with Crippen LogP contribution in [0.15, 0.2) is 42.5 Å². The van der Waals surface area contributed by atoms with Crippen molar-refractivity contribution in [2.45, 2.75) is 13.8 Å². The van der Waals surface area contributed by atoms with Crippen molar-refractivity contribution in [1.82, 2.24) is 4.57 Å². The van der Waals surface area contributed by atoms with E-state index in [0.717, 1.165) is 0 Å². The van der Waals surface area contributed by atoms with Crippen LogP contribution >= 0.6 is 0 Å². The summed E-state index contributed by atoms with van der Waals surface area (Å²) in [6.07, 6.45) is 0. The van der Waals surface area contributed by atoms with Gasteiger partial charge in [-0.1, -0.05) is 12.1 Å². The summed E-state index contributed by atoms with van der Waals surface area (Å²) in [6.45, 7) is 3.00. The van der Waals surface area contributed by atoms with Gasteiger partial charge in [0.2, 0.25) is 11.5 Å². The molecule has 0 atom stereocenters. The van der Waals surface area contributed by atoms with E-state index in [0.29, 0.717) is 28.4 Å². The van der Waals surface area contributed by atoms with E-state index < -0.39 is 24.2 Å². The smallest absolute Gasteiger partial charge is 0.342 e. The first-order valence-corrected chi connectivity index (χ1v) is 9.77. The Balaban J connectivity index is 1.82. The van der Waals surface area contributed by atoms with Gasteiger partial charge in [0.15, 0.2) is 18.1 Å². The Labute approximate surface area is 185 Å². The average Bonchev–Trinajstić information content (AvgIpc) is 3.10. The Morgan fingerprint density at radius 2 is 1.59 bits per heavy atom. The van der Waals surface area contributed by atoms with E-state index in [1.165, 1.54) is 33.5 Å². The number of benzene rings is 2. The predicted octanol–water partition coefficient (Wildman–Crippen LogP) is 4.30. The van der Waals surface area contributed by atoms with Crippen LogP contribution in [-0.2, 0) is 4.74 Å². The summed E-state index contributed by atoms with van der Waals surface area (Å²) in [5, 5.41) is 0. The highest BCUT2D eigenvalue weighted by atomic mass is 19.1. The van der Waals surface area contributed by atoms with E-state index in [1.807, 2.05) is 0 Å². The molecule has 0 radical (unpaired) electrons. The molecule has 0 aliphatic heterocycles. The summed E-state index contributed by atoms with van der Waals surface area (Å²) in [4.78, 5) is 25.4. The van der Waals surface area contributed by atoms with E-state index in [-0.39, 0.29) is 17.1 Å². The van der Waals surface area contributed by atoms with Gasteiger partial charge in [-0.2, -0.15) is 0 Å². The predicted molar refractivity (Wildman–Crippen MR) is 116 cm³/mol. The van der Waals surface area contributed by atoms with Crippen LogP contribution in [0.25, 0.3) is 5.69 Å². The van der Waals surface area contributed by atoms with Crippen LogP contribution in [0.1, 0.15) is 32.1 Å². The number of ketones is 1. The molecule has 1 heterocycles. The fourth-order valence-electron chi connectivity index (χ4n) is 3.60. The molecule has 3 rings (SSSR count). The standard InChI is InChI=1S/C24H24FNO6/c1-14-12-17(15(2)26(14)19-9-7-6-8-18(19)25)20(27)13-32-24(28)16-10-11-21(29-3)23(31-5)22(16)30-4/h6-12H,13H2,1-5H3. The SMILES string of the molecule is COc1ccc(C(=O)OCC(=O)c2cc(C)n(-c3ccccc3F)c2C)c(OC)c1OC. The molecule has 2 aromatic carbocycles. The van der Waals surface area contributed by atoms with Crippen LogP contribution in [0.2, 0.25) is 0 Å². The first-order valence-electron chi connectivity index (χ1n) is 9.77. The fourth-order valence-corrected chi connectivity index (χ4v) is 3.60. The molecular formula is C24H24FNO6. The van der Waals surface area contributed by atoms with Crippen molar-refractivity contribution in [3.05, 3.63) is 70.8 Å². The van der Waals surface area contributed by atoms with Crippen LogP contribution < -0.4 is 14.2 Å². The average molecular weight is 441 g/mol. The number of hydrogen-bond acceptors (Lipinski definition) is 6. The van der Waals surface area contributed by atoms with Crippen LogP contribution in [-0.4, -0.2) is 44.3 Å². The third kappa shape index (κ3) is 4.16. The largest absolute Gasteiger partial charge is 0.493 e. The van der Waals surface area contributed by atoms with Crippen molar-refractivity contribution in [2.75, 3.05) is 27.9 Å². The minimum atomic E-state index is -0.751. The molecular weight excluding hydrogens is 417 g/mol. The molecule has 0 aliphatic carbocycles. The Kier molecular flexibility index (Phi) is 6.82. The van der Waals surface area contributed by atoms with E-state index >= 15 is 0 Å². The molecule has 3 aromatic rings. The van der Waals surface area contributed by atoms with Crippen molar-refractivity contribution in [1.29, 1.82) is 0 Å². The van der Waals surface area contributed by atoms with Crippen LogP contribution in [0.4, 0.5) is 4.39 Å². The van der Waals surface area contributed by atoms with Crippen molar-refractivity contribution >= 4 is 11.8 Å². The van der Waals surface area contributed by atoms with Crippen LogP contribution in [0.3, 0.4) is 0 Å². The lowest BCUT2D eigenvalue weighted by Gasteiger charge is -2.15. The number of Topliss-reactive ketones (excluding diaryl/α,β-unsaturated/α-hetero) is 1. The molecule has 0 fully saturated rings. The van der Waals surface area contributed by atoms with Crippen molar-refractivity contribution in [3.63, 3.8) is 0 Å². The summed E-state index contributed by atoms with van der Waals surface area (Å²) >= 11 is 0. The number of para-hydroxylation sites is 1. The maximum Gasteiger partial charge on any atom is 0.342 e. The number of halogens is 1. The number of aryl methyl sites for hydroxylation is 1. The quantitative estimate of drug-likeness (QED) is 0.383. The molecule has 0 saturated carbocycles. The molecule has 0 N–H and O–H groups in total. The molecule has 0 saturated heterocycles. The maximum atomic E-state index is 14.3. The van der Waals surface area contributed by atoms with Crippen LogP contribution in [0, 0.1) is 19.7 Å². The zero-order chi connectivity index (χ0) is 23.4. The van der Waals surface area contributed by atoms with Gasteiger partial charge in [0.25, 0.3) is 0 Å². The Bertz CT molecular complexity index is 1170. The monoisotopic (exact) mass is 441 g/mol. The van der Waals surface area contributed by atoms with Gasteiger partial charge in [-0.25, -0.2) is 9.18 Å². The van der Waals surface area contributed by atoms with Gasteiger partial charge in [-0.05, 0) is 44.2 Å². The van der Waals surface area contributed by atoms with E-state index in [1.54, 1.807) is 48.7 Å². The summed E-state index contributed by atoms with van der Waals surface area (Å²) < 4.78 is 36.9. The summed E-state index contributed by atoms with van der Waals surface area (Å²) in [5.74, 6) is -0.795. The van der Waals surface area contributed by atoms with Crippen LogP contribution in [0.5, 0.6) is 17.2 Å². The highest BCUT2D eigenvalue weighted by Crippen LogP contribution is 2.40. The number of carbonyl (C=O) groups is 2. The Morgan fingerprint density at radius 3 is 2.22 bits per heavy atom. The summed E-state index contributed by atoms with van der Waals surface area (Å²) in [6, 6.07) is 11.0. The Morgan fingerprint density at radius 1 is 0.906 bits per heavy atom. The zero-order valence-corrected chi connectivity index (χ0v) is 18.5. The molecule has 168 valence electrons. The number of hydrogen-bond donors (Lipinski definition) is 0. The van der Waals surface area contributed by atoms with Gasteiger partial charge in [0, 0.05) is 17.0 Å². The first-order chi connectivity index (χ1) is 15.3. The van der Waals surface area contributed by atoms with E-state index in [2.05, 4.69) is 0 Å². The topological polar surface area (TPSA) is 76.0 Å². The number of carbonyl (C=O) groups excluding carboxylic acids is 2. The number of ether oxygens (including phenoxy) is 4. The third-order valence-corrected chi connectivity index (χ3v) is 5.08. The van der Waals surface area contributed by atoms with Gasteiger partial charge >= 0.3 is 5.97 Å². The van der Waals surface area contributed by atoms with Crippen molar-refractivity contribution in [2.24, 2.45) is 0 Å². The van der Waals surface area contributed by atoms with Crippen molar-refractivity contribution < 1.29 is 32.9 Å². The molecule has 8 heteroatoms. The second kappa shape index (κ2) is 9.55. The van der Waals surface area contributed by atoms with Gasteiger partial charge in [0.05, 0.1) is 27.0 Å². The molecule has 7 nitrogen and oxygen atoms in total. The normalized spacial score (nSPS) is 10.6. The Hall–Kier alpha value is -3.81. The lowest BCUT2D eigenvalue weighted by atomic mass is 10.1. The molecule has 32 heavy (non-hydrogen) atoms. The van der Waals surface area contributed by atoms with Gasteiger partial charge in [-0.15, -0.1) is 0 Å². The minimum absolute atomic E-state index is 0.0924. The highest BCUT2D eigenvalue weighted by Gasteiger charge is 2.24. The molecule has 1 aromatic heterocycles. The van der Waals surface area contributed by atoms with Gasteiger partial charge in [0.1, 0.15) is 11.4 Å². The second-order valence-electron chi connectivity index (χ2n) is 6.95. The highest BCUT2D eigenvalue weighted by molar-refractivity contribution is 6.01. The number of aromatic nitrogens is 1. The maximum absolute atomic E-state index is 14.3. The number of nitrogens with zero attached hydrogens (tertiary/aromatic N) is 1. The molecule has 0 unspecified atom stereocenters. The third-order valence-electron chi connectivity index (χ3n) is 5.08. The zero-order valence-electron chi connectivity index (χ0n) is 18.5. The molecule has 0 spiro atoms. The molecule has 0 amide bonds. The molecule has 0 bridgehead atoms. The first kappa shape index (κ1) is 22.9. The van der Waals surface area contributed by atoms with Crippen molar-refractivity contribution in [3.8, 4) is 22.9 Å². The number of rotatable bonds is 8. The summed E-state index contributed by atoms with van der Waals surface area (Å²) in [5.41, 5.74) is 2.02. The fraction of sp³-hybridized carbons (Fsp3) is 0.250. The van der Waals surface area contributed by atoms with E-state index in [9.17, 15) is 14.0 Å². The lowest BCUT2D eigenvalue weighted by Crippen LogP contribution is -2.16. The second-order valence-corrected chi connectivity index (χ2v) is 6.95.